The molecule has 1 N–H and O–H groups in total. The van der Waals surface area contributed by atoms with Crippen molar-refractivity contribution in [2.45, 2.75) is 65.7 Å². The Kier molecular flexibility index (Phi) is 13.4. The lowest BCUT2D eigenvalue weighted by atomic mass is 9.71. The van der Waals surface area contributed by atoms with Crippen molar-refractivity contribution in [1.29, 1.82) is 0 Å². The van der Waals surface area contributed by atoms with Crippen molar-refractivity contribution in [3.63, 3.8) is 0 Å². The van der Waals surface area contributed by atoms with Gasteiger partial charge in [0.1, 0.15) is 17.2 Å². The van der Waals surface area contributed by atoms with Crippen LogP contribution in [0.5, 0.6) is 0 Å². The molecule has 0 aliphatic carbocycles. The number of para-hydroxylation sites is 2. The second kappa shape index (κ2) is 20.6. The van der Waals surface area contributed by atoms with Gasteiger partial charge in [-0.1, -0.05) is 97.1 Å². The molecule has 1 amide bonds. The van der Waals surface area contributed by atoms with Crippen LogP contribution >= 0.6 is 0 Å². The first-order valence-corrected chi connectivity index (χ1v) is 29.2. The molecule has 0 radical (unpaired) electrons. The number of carbonyl (C=O) groups excluding carboxylic acids is 1. The number of sulfonamides is 2. The number of nitrogens with zero attached hydrogens (tertiary/aromatic N) is 8. The van der Waals surface area contributed by atoms with Gasteiger partial charge < -0.3 is 9.88 Å². The topological polar surface area (TPSA) is 158 Å². The molecular weight excluding hydrogens is 991 g/mol. The lowest BCUT2D eigenvalue weighted by molar-refractivity contribution is 0.0647. The summed E-state index contributed by atoms with van der Waals surface area (Å²) in [7, 11) is -7.60. The van der Waals surface area contributed by atoms with E-state index in [1.54, 1.807) is 51.5 Å². The van der Waals surface area contributed by atoms with Gasteiger partial charge in [-0.15, -0.1) is 0 Å². The van der Waals surface area contributed by atoms with Crippen LogP contribution < -0.4 is 5.01 Å². The maximum atomic E-state index is 14.4. The molecule has 16 heteroatoms. The van der Waals surface area contributed by atoms with E-state index in [2.05, 4.69) is 61.2 Å². The van der Waals surface area contributed by atoms with E-state index in [1.807, 2.05) is 114 Å². The number of nitrogens with one attached hydrogen (secondary N) is 1. The summed E-state index contributed by atoms with van der Waals surface area (Å²) in [5.74, 6) is 1.74. The Morgan fingerprint density at radius 3 is 1.82 bits per heavy atom. The monoisotopic (exact) mass is 1050 g/mol. The van der Waals surface area contributed by atoms with Crippen LogP contribution in [0, 0.1) is 5.92 Å². The minimum absolute atomic E-state index is 0.0106. The van der Waals surface area contributed by atoms with Crippen molar-refractivity contribution in [2.75, 3.05) is 44.3 Å². The molecule has 3 saturated heterocycles. The van der Waals surface area contributed by atoms with E-state index in [1.165, 1.54) is 0 Å². The summed E-state index contributed by atoms with van der Waals surface area (Å²) in [6.45, 7) is 2.47. The molecular formula is C60H59N9O5S2. The van der Waals surface area contributed by atoms with Crippen LogP contribution in [0.25, 0.3) is 33.4 Å². The molecule has 8 aromatic rings. The van der Waals surface area contributed by atoms with E-state index in [4.69, 9.17) is 4.98 Å². The summed E-state index contributed by atoms with van der Waals surface area (Å²) < 4.78 is 62.5. The molecule has 76 heavy (non-hydrogen) atoms. The number of imidazole rings is 2. The fourth-order valence-electron chi connectivity index (χ4n) is 12.0. The highest BCUT2D eigenvalue weighted by molar-refractivity contribution is 7.89. The maximum Gasteiger partial charge on any atom is 0.253 e. The molecule has 4 aliphatic heterocycles. The van der Waals surface area contributed by atoms with Crippen LogP contribution in [-0.2, 0) is 25.6 Å². The van der Waals surface area contributed by atoms with E-state index in [0.717, 1.165) is 50.6 Å². The number of pyridine rings is 1. The number of fused-ring (bicyclic) bond motifs is 1. The van der Waals surface area contributed by atoms with Crippen LogP contribution in [0.1, 0.15) is 77.9 Å². The van der Waals surface area contributed by atoms with Crippen molar-refractivity contribution in [2.24, 2.45) is 5.92 Å². The first kappa shape index (κ1) is 49.4. The van der Waals surface area contributed by atoms with Gasteiger partial charge >= 0.3 is 0 Å². The van der Waals surface area contributed by atoms with E-state index >= 15 is 0 Å². The zero-order chi connectivity index (χ0) is 51.9. The second-order valence-corrected chi connectivity index (χ2v) is 24.1. The number of benzene rings is 5. The SMILES string of the molecule is O=C(c1ccc(-c2ccccc2)cc1)N1CCC(C2(c3ccc(S(=O)(=O)N4CCC(c5ncc[nH]5)CC4)cc3)C=CC=CN2n2c(C3CCN(S(=O)(=O)c4ccc(-c5ccccn5)cc4)CC3)nc3ccccc32)CC1. The number of rotatable bonds is 12. The number of piperidine rings is 3. The summed E-state index contributed by atoms with van der Waals surface area (Å²) in [4.78, 5) is 34.1. The highest BCUT2D eigenvalue weighted by Gasteiger charge is 2.48. The Balaban J connectivity index is 0.857. The minimum Gasteiger partial charge on any atom is -0.348 e. The highest BCUT2D eigenvalue weighted by atomic mass is 32.2. The zero-order valence-corrected chi connectivity index (χ0v) is 43.7. The van der Waals surface area contributed by atoms with Gasteiger partial charge in [0.15, 0.2) is 0 Å². The normalized spacial score (nSPS) is 19.6. The summed E-state index contributed by atoms with van der Waals surface area (Å²) in [5.41, 5.74) is 6.16. The van der Waals surface area contributed by atoms with Gasteiger partial charge in [0.05, 0.1) is 26.5 Å². The fraction of sp³-hybridized carbons (Fsp3) is 0.267. The molecule has 5 aromatic carbocycles. The van der Waals surface area contributed by atoms with E-state index in [-0.39, 0.29) is 33.5 Å². The van der Waals surface area contributed by atoms with Gasteiger partial charge in [0, 0.05) is 87.0 Å². The van der Waals surface area contributed by atoms with Crippen LogP contribution in [0.4, 0.5) is 0 Å². The number of aromatic nitrogens is 5. The van der Waals surface area contributed by atoms with Crippen molar-refractivity contribution in [3.8, 4) is 22.4 Å². The van der Waals surface area contributed by atoms with E-state index in [0.29, 0.717) is 83.4 Å². The molecule has 1 atom stereocenters. The number of carbonyl (C=O) groups is 1. The zero-order valence-electron chi connectivity index (χ0n) is 42.1. The number of likely N-dealkylation sites (tertiary alicyclic amines) is 1. The minimum atomic E-state index is -3.81. The van der Waals surface area contributed by atoms with Crippen LogP contribution in [0.3, 0.4) is 0 Å². The molecule has 14 nitrogen and oxygen atoms in total. The second-order valence-electron chi connectivity index (χ2n) is 20.2. The van der Waals surface area contributed by atoms with Gasteiger partial charge in [-0.25, -0.2) is 31.5 Å². The molecule has 1 unspecified atom stereocenters. The predicted octanol–water partition coefficient (Wildman–Crippen LogP) is 10.1. The van der Waals surface area contributed by atoms with Crippen molar-refractivity contribution >= 4 is 37.0 Å². The summed E-state index contributed by atoms with van der Waals surface area (Å²) in [6.07, 6.45) is 17.5. The Labute approximate surface area is 444 Å². The van der Waals surface area contributed by atoms with Gasteiger partial charge in [-0.3, -0.25) is 14.8 Å². The number of H-pyrrole nitrogens is 1. The summed E-state index contributed by atoms with van der Waals surface area (Å²) in [6, 6.07) is 46.1. The molecule has 4 aliphatic rings. The molecule has 12 rings (SSSR count). The van der Waals surface area contributed by atoms with E-state index in [9.17, 15) is 21.6 Å². The Hall–Kier alpha value is -7.50. The highest BCUT2D eigenvalue weighted by Crippen LogP contribution is 2.46. The third-order valence-corrected chi connectivity index (χ3v) is 19.9. The lowest BCUT2D eigenvalue weighted by Crippen LogP contribution is -2.57. The van der Waals surface area contributed by atoms with Crippen LogP contribution in [0.15, 0.2) is 198 Å². The average molecular weight is 1050 g/mol. The smallest absolute Gasteiger partial charge is 0.253 e. The number of allylic oxidation sites excluding steroid dienone is 2. The van der Waals surface area contributed by atoms with Gasteiger partial charge in [-0.05, 0) is 128 Å². The average Bonchev–Trinajstić information content (AvgIpc) is 4.18. The maximum absolute atomic E-state index is 14.4. The molecule has 0 saturated carbocycles. The van der Waals surface area contributed by atoms with Crippen LogP contribution in [-0.4, -0.2) is 100 Å². The lowest BCUT2D eigenvalue weighted by Gasteiger charge is -2.51. The molecule has 0 bridgehead atoms. The molecule has 3 aromatic heterocycles. The van der Waals surface area contributed by atoms with Gasteiger partial charge in [0.2, 0.25) is 20.0 Å². The van der Waals surface area contributed by atoms with Gasteiger partial charge in [0.25, 0.3) is 5.91 Å². The quantitative estimate of drug-likeness (QED) is 0.126. The van der Waals surface area contributed by atoms with Gasteiger partial charge in [-0.2, -0.15) is 8.61 Å². The Bertz CT molecular complexity index is 3620. The standard InChI is InChI=1S/C60H59N9O5S2/c70-59(49-17-15-45(16-18-49)44-10-2-1-3-11-44)65-38-31-51(32-39-65)60(50-21-25-53(26-22-50)76(73,74)66-40-27-47(28-41-66)57-62-35-36-63-57)33-7-9-37-68(60)69-56-14-5-4-13-55(56)64-58(69)48-29-42-67(43-30-48)75(71,72)52-23-19-46(20-24-52)54-12-6-8-34-61-54/h1-26,33-37,47-48,51H,27-32,38-43H2,(H,62,63). The Morgan fingerprint density at radius 2 is 1.17 bits per heavy atom. The molecule has 0 spiro atoms. The largest absolute Gasteiger partial charge is 0.348 e. The first-order valence-electron chi connectivity index (χ1n) is 26.3. The molecule has 3 fully saturated rings. The first-order chi connectivity index (χ1) is 37.1. The van der Waals surface area contributed by atoms with Crippen molar-refractivity contribution in [3.05, 3.63) is 211 Å². The number of amides is 1. The number of hydrogen-bond donors (Lipinski definition) is 1. The Morgan fingerprint density at radius 1 is 0.566 bits per heavy atom. The summed E-state index contributed by atoms with van der Waals surface area (Å²) in [5, 5.41) is 2.28. The molecule has 386 valence electrons. The van der Waals surface area contributed by atoms with E-state index < -0.39 is 25.6 Å². The fourth-order valence-corrected chi connectivity index (χ4v) is 14.9. The van der Waals surface area contributed by atoms with Crippen molar-refractivity contribution in [1.82, 2.24) is 38.1 Å². The third kappa shape index (κ3) is 9.16. The van der Waals surface area contributed by atoms with Crippen molar-refractivity contribution < 1.29 is 21.6 Å². The summed E-state index contributed by atoms with van der Waals surface area (Å²) >= 11 is 0. The predicted molar refractivity (Wildman–Crippen MR) is 295 cm³/mol. The molecule has 7 heterocycles. The third-order valence-electron chi connectivity index (χ3n) is 16.1. The van der Waals surface area contributed by atoms with Crippen LogP contribution in [0.2, 0.25) is 0 Å². The number of hydrogen-bond acceptors (Lipinski definition) is 9. The number of aromatic amines is 1.